The van der Waals surface area contributed by atoms with Crippen LogP contribution in [0.3, 0.4) is 0 Å². The normalized spacial score (nSPS) is 25.6. The molecule has 0 radical (unpaired) electrons. The Morgan fingerprint density at radius 1 is 1.60 bits per heavy atom. The minimum Gasteiger partial charge on any atom is -0.460 e. The van der Waals surface area contributed by atoms with E-state index in [4.69, 9.17) is 9.47 Å². The Balaban J connectivity index is 2.27. The van der Waals surface area contributed by atoms with Crippen LogP contribution in [0.4, 0.5) is 0 Å². The predicted octanol–water partition coefficient (Wildman–Crippen LogP) is 0.770. The van der Waals surface area contributed by atoms with Gasteiger partial charge in [-0.15, -0.1) is 0 Å². The van der Waals surface area contributed by atoms with Gasteiger partial charge in [-0.05, 0) is 29.0 Å². The van der Waals surface area contributed by atoms with Crippen molar-refractivity contribution in [2.45, 2.75) is 45.1 Å². The van der Waals surface area contributed by atoms with Gasteiger partial charge in [-0.3, -0.25) is 19.1 Å². The number of esters is 1. The number of rotatable bonds is 3. The number of aromatic nitrogens is 2. The van der Waals surface area contributed by atoms with Gasteiger partial charge in [-0.25, -0.2) is 4.79 Å². The number of halogens is 1. The molecule has 0 amide bonds. The molecule has 0 bridgehead atoms. The number of H-pyrrole nitrogens is 1. The monoisotopic (exact) mass is 394 g/mol. The number of hydrogen-bond acceptors (Lipinski definition) is 5. The summed E-state index contributed by atoms with van der Waals surface area (Å²) in [5.74, 6) is -0.374. The Morgan fingerprint density at radius 2 is 2.30 bits per heavy atom. The maximum Gasteiger partial charge on any atom is 0.330 e. The molecule has 110 valence electrons. The average molecular weight is 394 g/mol. The average Bonchev–Trinajstić information content (AvgIpc) is 2.75. The first kappa shape index (κ1) is 15.2. The van der Waals surface area contributed by atoms with Gasteiger partial charge in [0.2, 0.25) is 0 Å². The van der Waals surface area contributed by atoms with Gasteiger partial charge in [0.25, 0.3) is 5.56 Å². The van der Waals surface area contributed by atoms with Crippen molar-refractivity contribution >= 4 is 28.6 Å². The molecule has 2 rings (SSSR count). The summed E-state index contributed by atoms with van der Waals surface area (Å²) in [7, 11) is 0. The summed E-state index contributed by atoms with van der Waals surface area (Å²) in [4.78, 5) is 36.5. The van der Waals surface area contributed by atoms with Crippen molar-refractivity contribution in [2.75, 3.05) is 0 Å². The maximum absolute atomic E-state index is 11.8. The summed E-state index contributed by atoms with van der Waals surface area (Å²) in [5.41, 5.74) is -0.952. The van der Waals surface area contributed by atoms with Crippen molar-refractivity contribution in [3.8, 4) is 0 Å². The van der Waals surface area contributed by atoms with Crippen LogP contribution in [0.5, 0.6) is 0 Å². The van der Waals surface area contributed by atoms with E-state index >= 15 is 0 Å². The largest absolute Gasteiger partial charge is 0.460 e. The van der Waals surface area contributed by atoms with Crippen molar-refractivity contribution in [1.29, 1.82) is 0 Å². The fourth-order valence-electron chi connectivity index (χ4n) is 2.25. The van der Waals surface area contributed by atoms with Gasteiger partial charge in [0, 0.05) is 19.5 Å². The smallest absolute Gasteiger partial charge is 0.330 e. The third kappa shape index (κ3) is 3.11. The molecule has 0 unspecified atom stereocenters. The maximum atomic E-state index is 11.8. The van der Waals surface area contributed by atoms with E-state index in [0.29, 0.717) is 16.4 Å². The van der Waals surface area contributed by atoms with Gasteiger partial charge >= 0.3 is 11.7 Å². The zero-order chi connectivity index (χ0) is 14.9. The molecule has 1 aromatic heterocycles. The number of aromatic amines is 1. The number of nitrogens with one attached hydrogen (secondary N) is 1. The highest BCUT2D eigenvalue weighted by atomic mass is 127. The molecule has 0 aliphatic carbocycles. The first-order valence-corrected chi connectivity index (χ1v) is 7.34. The lowest BCUT2D eigenvalue weighted by atomic mass is 10.1. The SMILES string of the molecule is CC[C@H]1O[C@@H](n2cc(I)c(=O)[nH]c2=O)C[C@H]1OC(C)=O. The van der Waals surface area contributed by atoms with Crippen LogP contribution in [0.25, 0.3) is 0 Å². The predicted molar refractivity (Wildman–Crippen MR) is 78.4 cm³/mol. The standard InChI is InChI=1S/C12H15IN2O5/c1-3-8-9(19-6(2)16)4-10(20-8)15-5-7(13)11(17)14-12(15)18/h5,8-10H,3-4H2,1-2H3,(H,14,17,18)/t8-,9-,10-/m1/s1. The Morgan fingerprint density at radius 3 is 2.90 bits per heavy atom. The van der Waals surface area contributed by atoms with Crippen molar-refractivity contribution in [1.82, 2.24) is 9.55 Å². The van der Waals surface area contributed by atoms with Gasteiger partial charge < -0.3 is 9.47 Å². The van der Waals surface area contributed by atoms with E-state index in [0.717, 1.165) is 0 Å². The van der Waals surface area contributed by atoms with Crippen LogP contribution in [-0.2, 0) is 14.3 Å². The van der Waals surface area contributed by atoms with Crippen LogP contribution in [0.1, 0.15) is 32.9 Å². The fraction of sp³-hybridized carbons (Fsp3) is 0.583. The van der Waals surface area contributed by atoms with E-state index in [2.05, 4.69) is 4.98 Å². The van der Waals surface area contributed by atoms with Crippen molar-refractivity contribution in [3.63, 3.8) is 0 Å². The number of hydrogen-bond donors (Lipinski definition) is 1. The Hall–Kier alpha value is -1.16. The molecule has 0 aromatic carbocycles. The third-order valence-electron chi connectivity index (χ3n) is 3.13. The molecule has 2 heterocycles. The highest BCUT2D eigenvalue weighted by Gasteiger charge is 2.37. The minimum absolute atomic E-state index is 0.250. The summed E-state index contributed by atoms with van der Waals surface area (Å²) in [6.45, 7) is 3.26. The number of carbonyl (C=O) groups is 1. The first-order chi connectivity index (χ1) is 9.42. The topological polar surface area (TPSA) is 90.4 Å². The molecule has 0 spiro atoms. The Labute approximate surface area is 128 Å². The molecule has 1 aliphatic rings. The minimum atomic E-state index is -0.540. The highest BCUT2D eigenvalue weighted by molar-refractivity contribution is 14.1. The first-order valence-electron chi connectivity index (χ1n) is 6.26. The number of nitrogens with zero attached hydrogens (tertiary/aromatic N) is 1. The molecule has 1 saturated heterocycles. The summed E-state index contributed by atoms with van der Waals surface area (Å²) in [6.07, 6.45) is 1.35. The molecule has 8 heteroatoms. The zero-order valence-corrected chi connectivity index (χ0v) is 13.2. The number of ether oxygens (including phenoxy) is 2. The lowest BCUT2D eigenvalue weighted by Crippen LogP contribution is -2.33. The number of carbonyl (C=O) groups excluding carboxylic acids is 1. The Bertz CT molecular complexity index is 623. The van der Waals surface area contributed by atoms with Crippen LogP contribution in [0.15, 0.2) is 15.8 Å². The van der Waals surface area contributed by atoms with E-state index in [1.165, 1.54) is 17.7 Å². The second-order valence-electron chi connectivity index (χ2n) is 4.56. The van der Waals surface area contributed by atoms with Gasteiger partial charge in [-0.1, -0.05) is 6.92 Å². The van der Waals surface area contributed by atoms with Gasteiger partial charge in [0.15, 0.2) is 0 Å². The summed E-state index contributed by atoms with van der Waals surface area (Å²) in [6, 6.07) is 0. The van der Waals surface area contributed by atoms with Crippen LogP contribution in [0.2, 0.25) is 0 Å². The van der Waals surface area contributed by atoms with Gasteiger partial charge in [0.1, 0.15) is 12.3 Å². The highest BCUT2D eigenvalue weighted by Crippen LogP contribution is 2.31. The zero-order valence-electron chi connectivity index (χ0n) is 11.1. The lowest BCUT2D eigenvalue weighted by molar-refractivity contribution is -0.149. The molecule has 20 heavy (non-hydrogen) atoms. The van der Waals surface area contributed by atoms with Gasteiger partial charge in [0.05, 0.1) is 9.67 Å². The third-order valence-corrected chi connectivity index (χ3v) is 3.90. The van der Waals surface area contributed by atoms with E-state index in [1.807, 2.05) is 29.5 Å². The van der Waals surface area contributed by atoms with E-state index in [9.17, 15) is 14.4 Å². The van der Waals surface area contributed by atoms with Crippen LogP contribution < -0.4 is 11.2 Å². The molecule has 1 N–H and O–H groups in total. The molecule has 1 aromatic rings. The van der Waals surface area contributed by atoms with E-state index in [-0.39, 0.29) is 18.2 Å². The van der Waals surface area contributed by atoms with E-state index in [1.54, 1.807) is 0 Å². The summed E-state index contributed by atoms with van der Waals surface area (Å²) >= 11 is 1.85. The molecule has 0 saturated carbocycles. The summed E-state index contributed by atoms with van der Waals surface area (Å²) < 4.78 is 12.7. The lowest BCUT2D eigenvalue weighted by Gasteiger charge is -2.16. The molecule has 1 fully saturated rings. The van der Waals surface area contributed by atoms with Crippen LogP contribution in [-0.4, -0.2) is 27.7 Å². The molecule has 3 atom stereocenters. The van der Waals surface area contributed by atoms with Crippen molar-refractivity contribution in [3.05, 3.63) is 30.6 Å². The fourth-order valence-corrected chi connectivity index (χ4v) is 2.68. The molecular formula is C12H15IN2O5. The second kappa shape index (κ2) is 6.08. The van der Waals surface area contributed by atoms with Crippen molar-refractivity contribution < 1.29 is 14.3 Å². The molecular weight excluding hydrogens is 379 g/mol. The Kier molecular flexibility index (Phi) is 4.63. The quantitative estimate of drug-likeness (QED) is 0.604. The second-order valence-corrected chi connectivity index (χ2v) is 5.73. The van der Waals surface area contributed by atoms with Gasteiger partial charge in [-0.2, -0.15) is 0 Å². The van der Waals surface area contributed by atoms with Crippen LogP contribution >= 0.6 is 22.6 Å². The molecule has 7 nitrogen and oxygen atoms in total. The molecule has 1 aliphatic heterocycles. The van der Waals surface area contributed by atoms with E-state index < -0.39 is 17.5 Å². The van der Waals surface area contributed by atoms with Crippen LogP contribution in [0, 0.1) is 3.57 Å². The van der Waals surface area contributed by atoms with Crippen molar-refractivity contribution in [2.24, 2.45) is 0 Å². The summed E-state index contributed by atoms with van der Waals surface area (Å²) in [5, 5.41) is 0.